The average molecular weight is 356 g/mol. The van der Waals surface area contributed by atoms with Gasteiger partial charge in [0.15, 0.2) is 5.78 Å². The fraction of sp³-hybridized carbons (Fsp3) is 0.615. The van der Waals surface area contributed by atoms with E-state index >= 15 is 0 Å². The van der Waals surface area contributed by atoms with Crippen molar-refractivity contribution in [2.45, 2.75) is 30.9 Å². The van der Waals surface area contributed by atoms with Gasteiger partial charge in [-0.1, -0.05) is 0 Å². The number of hydrogen-bond acceptors (Lipinski definition) is 5. The Hall–Kier alpha value is -0.560. The summed E-state index contributed by atoms with van der Waals surface area (Å²) in [6.45, 7) is 2.59. The first-order valence-corrected chi connectivity index (χ1v) is 9.27. The maximum atomic E-state index is 13.8. The Labute approximate surface area is 130 Å². The van der Waals surface area contributed by atoms with Crippen molar-refractivity contribution in [2.24, 2.45) is 0 Å². The minimum absolute atomic E-state index is 0.0543. The normalized spacial score (nSPS) is 25.8. The smallest absolute Gasteiger partial charge is 0.307 e. The van der Waals surface area contributed by atoms with E-state index in [1.165, 1.54) is 19.9 Å². The second-order valence-electron chi connectivity index (χ2n) is 4.80. The van der Waals surface area contributed by atoms with Gasteiger partial charge < -0.3 is 9.05 Å². The molecule has 1 aliphatic heterocycles. The van der Waals surface area contributed by atoms with Crippen LogP contribution in [0.2, 0.25) is 0 Å². The molecule has 0 saturated heterocycles. The maximum absolute atomic E-state index is 13.8. The lowest BCUT2D eigenvalue weighted by Crippen LogP contribution is -2.43. The molecule has 1 atom stereocenters. The molecule has 0 N–H and O–H groups in total. The first-order valence-electron chi connectivity index (χ1n) is 6.74. The van der Waals surface area contributed by atoms with Crippen molar-refractivity contribution in [1.29, 1.82) is 0 Å². The van der Waals surface area contributed by atoms with Gasteiger partial charge in [0.05, 0.1) is 13.2 Å². The van der Waals surface area contributed by atoms with Crippen molar-refractivity contribution in [1.82, 2.24) is 0 Å². The highest BCUT2D eigenvalue weighted by atomic mass is 32.2. The van der Waals surface area contributed by atoms with Crippen LogP contribution in [-0.4, -0.2) is 35.4 Å². The van der Waals surface area contributed by atoms with Crippen molar-refractivity contribution >= 4 is 25.1 Å². The van der Waals surface area contributed by atoms with E-state index in [4.69, 9.17) is 9.05 Å². The molecular formula is C13H16F3O4PS. The van der Waals surface area contributed by atoms with Crippen LogP contribution >= 0.6 is 19.4 Å². The van der Waals surface area contributed by atoms with Gasteiger partial charge in [0, 0.05) is 12.2 Å². The predicted molar refractivity (Wildman–Crippen MR) is 77.9 cm³/mol. The molecule has 0 bridgehead atoms. The third-order valence-corrected chi connectivity index (χ3v) is 8.04. The molecule has 0 radical (unpaired) electrons. The second kappa shape index (κ2) is 6.15. The summed E-state index contributed by atoms with van der Waals surface area (Å²) in [5.41, 5.74) is 0.815. The quantitative estimate of drug-likeness (QED) is 0.695. The van der Waals surface area contributed by atoms with Gasteiger partial charge in [-0.25, -0.2) is 0 Å². The van der Waals surface area contributed by atoms with Crippen molar-refractivity contribution < 1.29 is 31.6 Å². The molecule has 1 unspecified atom stereocenters. The molecule has 0 amide bonds. The van der Waals surface area contributed by atoms with E-state index in [2.05, 4.69) is 0 Å². The monoisotopic (exact) mass is 356 g/mol. The lowest BCUT2D eigenvalue weighted by molar-refractivity contribution is -0.134. The van der Waals surface area contributed by atoms with Gasteiger partial charge in [0.2, 0.25) is 4.49 Å². The standard InChI is InChI=1S/C13H16F3O4PS/c1-3-19-21(18,20-4-2)12(13(14,15)16)7-9-5-11(17)6-10(9)8-22-12/h6-7H,3-5,8H2,1-2H3. The van der Waals surface area contributed by atoms with Gasteiger partial charge in [0.1, 0.15) is 0 Å². The first kappa shape index (κ1) is 17.8. The number of hydrogen-bond donors (Lipinski definition) is 0. The molecule has 0 aromatic rings. The first-order chi connectivity index (χ1) is 10.2. The molecule has 2 rings (SSSR count). The zero-order chi connectivity index (χ0) is 16.6. The lowest BCUT2D eigenvalue weighted by Gasteiger charge is -2.40. The van der Waals surface area contributed by atoms with E-state index in [0.717, 1.165) is 6.08 Å². The molecule has 1 aliphatic carbocycles. The van der Waals surface area contributed by atoms with Gasteiger partial charge in [-0.2, -0.15) is 13.2 Å². The SMILES string of the molecule is CCOP(=O)(OCC)C1(C(F)(F)F)C=C2CC(=O)C=C2CS1. The van der Waals surface area contributed by atoms with Gasteiger partial charge >= 0.3 is 13.8 Å². The maximum Gasteiger partial charge on any atom is 0.418 e. The summed E-state index contributed by atoms with van der Waals surface area (Å²) in [6, 6.07) is 0. The Morgan fingerprint density at radius 1 is 1.27 bits per heavy atom. The van der Waals surface area contributed by atoms with Crippen LogP contribution in [0, 0.1) is 0 Å². The van der Waals surface area contributed by atoms with Crippen LogP contribution in [-0.2, 0) is 18.4 Å². The Morgan fingerprint density at radius 3 is 2.36 bits per heavy atom. The number of fused-ring (bicyclic) bond motifs is 1. The highest BCUT2D eigenvalue weighted by molar-refractivity contribution is 8.07. The molecule has 0 aromatic carbocycles. The average Bonchev–Trinajstić information content (AvgIpc) is 2.76. The molecule has 0 spiro atoms. The van der Waals surface area contributed by atoms with Gasteiger partial charge in [-0.3, -0.25) is 9.36 Å². The highest BCUT2D eigenvalue weighted by Gasteiger charge is 2.68. The summed E-state index contributed by atoms with van der Waals surface area (Å²) in [7, 11) is -4.49. The van der Waals surface area contributed by atoms with Gasteiger partial charge in [-0.05, 0) is 37.1 Å². The number of alkyl halides is 3. The van der Waals surface area contributed by atoms with Crippen molar-refractivity contribution in [2.75, 3.05) is 19.0 Å². The molecule has 22 heavy (non-hydrogen) atoms. The van der Waals surface area contributed by atoms with E-state index in [9.17, 15) is 22.5 Å². The van der Waals surface area contributed by atoms with E-state index in [1.807, 2.05) is 0 Å². The van der Waals surface area contributed by atoms with E-state index in [1.54, 1.807) is 0 Å². The summed E-state index contributed by atoms with van der Waals surface area (Å²) in [5.74, 6) is -0.302. The number of allylic oxidation sites excluding steroid dienone is 2. The van der Waals surface area contributed by atoms with Crippen LogP contribution in [0.4, 0.5) is 13.2 Å². The molecule has 2 aliphatic rings. The van der Waals surface area contributed by atoms with E-state index in [0.29, 0.717) is 17.3 Å². The Kier molecular flexibility index (Phi) is 4.97. The number of halogens is 3. The molecule has 0 saturated carbocycles. The summed E-state index contributed by atoms with van der Waals surface area (Å²) in [5, 5.41) is 0. The fourth-order valence-electron chi connectivity index (χ4n) is 2.43. The zero-order valence-electron chi connectivity index (χ0n) is 12.1. The summed E-state index contributed by atoms with van der Waals surface area (Å²) in [6.07, 6.45) is -2.73. The van der Waals surface area contributed by atoms with Crippen LogP contribution in [0.25, 0.3) is 0 Å². The molecule has 0 aromatic heterocycles. The van der Waals surface area contributed by atoms with Gasteiger partial charge in [0.25, 0.3) is 0 Å². The van der Waals surface area contributed by atoms with E-state index < -0.39 is 18.3 Å². The summed E-state index contributed by atoms with van der Waals surface area (Å²) >= 11 is 0.448. The number of carbonyl (C=O) groups excluding carboxylic acids is 1. The minimum Gasteiger partial charge on any atom is -0.307 e. The molecule has 124 valence electrons. The molecular weight excluding hydrogens is 340 g/mol. The van der Waals surface area contributed by atoms with Crippen LogP contribution in [0.15, 0.2) is 23.3 Å². The number of thioether (sulfide) groups is 1. The third kappa shape index (κ3) is 2.82. The molecule has 0 fully saturated rings. The Morgan fingerprint density at radius 2 is 1.86 bits per heavy atom. The van der Waals surface area contributed by atoms with E-state index in [-0.39, 0.29) is 36.7 Å². The topological polar surface area (TPSA) is 52.6 Å². The number of rotatable bonds is 5. The van der Waals surface area contributed by atoms with Crippen LogP contribution in [0.3, 0.4) is 0 Å². The second-order valence-corrected chi connectivity index (χ2v) is 8.54. The fourth-order valence-corrected chi connectivity index (χ4v) is 6.37. The van der Waals surface area contributed by atoms with Crippen LogP contribution in [0.5, 0.6) is 0 Å². The third-order valence-electron chi connectivity index (χ3n) is 3.34. The Bertz CT molecular complexity index is 574. The number of carbonyl (C=O) groups is 1. The predicted octanol–water partition coefficient (Wildman–Crippen LogP) is 4.08. The summed E-state index contributed by atoms with van der Waals surface area (Å²) < 4.78 is 61.4. The molecule has 1 heterocycles. The van der Waals surface area contributed by atoms with Crippen molar-refractivity contribution in [3.05, 3.63) is 23.3 Å². The van der Waals surface area contributed by atoms with Crippen molar-refractivity contribution in [3.63, 3.8) is 0 Å². The summed E-state index contributed by atoms with van der Waals surface area (Å²) in [4.78, 5) is 11.4. The largest absolute Gasteiger partial charge is 0.418 e. The highest BCUT2D eigenvalue weighted by Crippen LogP contribution is 2.72. The molecule has 4 nitrogen and oxygen atoms in total. The van der Waals surface area contributed by atoms with Crippen LogP contribution in [0.1, 0.15) is 20.3 Å². The lowest BCUT2D eigenvalue weighted by atomic mass is 10.1. The zero-order valence-corrected chi connectivity index (χ0v) is 13.8. The van der Waals surface area contributed by atoms with Crippen LogP contribution < -0.4 is 0 Å². The Balaban J connectivity index is 2.58. The number of ketones is 1. The minimum atomic E-state index is -4.83. The van der Waals surface area contributed by atoms with Crippen molar-refractivity contribution in [3.8, 4) is 0 Å². The molecule has 9 heteroatoms. The van der Waals surface area contributed by atoms with Gasteiger partial charge in [-0.15, -0.1) is 11.8 Å².